The highest BCUT2D eigenvalue weighted by atomic mass is 32.2. The van der Waals surface area contributed by atoms with Crippen LogP contribution >= 0.6 is 11.3 Å². The Balaban J connectivity index is 2.22. The Morgan fingerprint density at radius 3 is 2.58 bits per heavy atom. The molecule has 1 aromatic heterocycles. The minimum atomic E-state index is -3.38. The van der Waals surface area contributed by atoms with Gasteiger partial charge in [-0.25, -0.2) is 13.1 Å². The summed E-state index contributed by atoms with van der Waals surface area (Å²) in [6, 6.07) is 1.78. The number of rotatable bonds is 5. The second kappa shape index (κ2) is 5.52. The van der Waals surface area contributed by atoms with Gasteiger partial charge in [0.05, 0.1) is 0 Å². The second-order valence-electron chi connectivity index (χ2n) is 5.58. The maximum absolute atomic E-state index is 12.4. The molecule has 1 aliphatic carbocycles. The number of hydrogen-bond acceptors (Lipinski definition) is 4. The third-order valence-electron chi connectivity index (χ3n) is 3.69. The summed E-state index contributed by atoms with van der Waals surface area (Å²) in [7, 11) is -1.52. The summed E-state index contributed by atoms with van der Waals surface area (Å²) in [6.45, 7) is 4.68. The maximum atomic E-state index is 12.4. The van der Waals surface area contributed by atoms with Crippen LogP contribution in [-0.2, 0) is 16.6 Å². The molecular weight excluding hydrogens is 280 g/mol. The molecule has 1 aliphatic rings. The number of aryl methyl sites for hydroxylation is 1. The normalized spacial score (nSPS) is 18.9. The molecule has 0 amide bonds. The topological polar surface area (TPSA) is 58.2 Å². The van der Waals surface area contributed by atoms with E-state index in [2.05, 4.69) is 10.0 Å². The van der Waals surface area contributed by atoms with Crippen molar-refractivity contribution in [3.8, 4) is 0 Å². The van der Waals surface area contributed by atoms with Gasteiger partial charge in [-0.3, -0.25) is 0 Å². The van der Waals surface area contributed by atoms with Crippen molar-refractivity contribution in [3.63, 3.8) is 0 Å². The van der Waals surface area contributed by atoms with Crippen LogP contribution in [0.3, 0.4) is 0 Å². The van der Waals surface area contributed by atoms with Crippen LogP contribution in [0, 0.1) is 6.92 Å². The average Bonchev–Trinajstić information content (AvgIpc) is 2.87. The molecule has 0 atom stereocenters. The molecule has 6 heteroatoms. The molecule has 0 spiro atoms. The van der Waals surface area contributed by atoms with Crippen LogP contribution in [0.1, 0.15) is 43.0 Å². The standard InChI is InChI=1S/C13H22N2O2S2/c1-10-8-12(18-11(10)9-14-3)19(16,17)15-13(2)6-4-5-7-13/h8,14-15H,4-7,9H2,1-3H3. The van der Waals surface area contributed by atoms with Crippen LogP contribution in [0.25, 0.3) is 0 Å². The molecule has 4 nitrogen and oxygen atoms in total. The minimum Gasteiger partial charge on any atom is -0.315 e. The van der Waals surface area contributed by atoms with Crippen LogP contribution in [0.5, 0.6) is 0 Å². The van der Waals surface area contributed by atoms with Crippen molar-refractivity contribution in [1.82, 2.24) is 10.0 Å². The fraction of sp³-hybridized carbons (Fsp3) is 0.692. The molecule has 0 aromatic carbocycles. The summed E-state index contributed by atoms with van der Waals surface area (Å²) in [4.78, 5) is 1.08. The molecule has 1 heterocycles. The molecule has 108 valence electrons. The lowest BCUT2D eigenvalue weighted by atomic mass is 10.0. The minimum absolute atomic E-state index is 0.264. The Morgan fingerprint density at radius 1 is 1.37 bits per heavy atom. The third kappa shape index (κ3) is 3.37. The zero-order valence-electron chi connectivity index (χ0n) is 11.7. The highest BCUT2D eigenvalue weighted by molar-refractivity contribution is 7.91. The van der Waals surface area contributed by atoms with Gasteiger partial charge in [-0.2, -0.15) is 0 Å². The molecule has 0 bridgehead atoms. The van der Waals surface area contributed by atoms with E-state index >= 15 is 0 Å². The van der Waals surface area contributed by atoms with Crippen LogP contribution < -0.4 is 10.0 Å². The summed E-state index contributed by atoms with van der Waals surface area (Å²) < 4.78 is 28.2. The smallest absolute Gasteiger partial charge is 0.250 e. The van der Waals surface area contributed by atoms with E-state index in [0.29, 0.717) is 10.8 Å². The van der Waals surface area contributed by atoms with E-state index in [9.17, 15) is 8.42 Å². The van der Waals surface area contributed by atoms with Crippen molar-refractivity contribution in [2.24, 2.45) is 0 Å². The summed E-state index contributed by atoms with van der Waals surface area (Å²) in [5.74, 6) is 0. The van der Waals surface area contributed by atoms with Crippen LogP contribution in [-0.4, -0.2) is 21.0 Å². The van der Waals surface area contributed by atoms with Gasteiger partial charge in [-0.1, -0.05) is 12.8 Å². The van der Waals surface area contributed by atoms with E-state index in [1.165, 1.54) is 11.3 Å². The number of thiophene rings is 1. The Kier molecular flexibility index (Phi) is 4.35. The van der Waals surface area contributed by atoms with E-state index in [-0.39, 0.29) is 5.54 Å². The van der Waals surface area contributed by atoms with Gasteiger partial charge in [0.1, 0.15) is 4.21 Å². The first-order valence-corrected chi connectivity index (χ1v) is 8.94. The largest absolute Gasteiger partial charge is 0.315 e. The van der Waals surface area contributed by atoms with Gasteiger partial charge in [-0.05, 0) is 45.4 Å². The maximum Gasteiger partial charge on any atom is 0.250 e. The van der Waals surface area contributed by atoms with Gasteiger partial charge < -0.3 is 5.32 Å². The molecule has 0 unspecified atom stereocenters. The quantitative estimate of drug-likeness (QED) is 0.878. The Bertz CT molecular complexity index is 543. The molecule has 0 aliphatic heterocycles. The zero-order chi connectivity index (χ0) is 14.1. The molecule has 1 aromatic rings. The SMILES string of the molecule is CNCc1sc(S(=O)(=O)NC2(C)CCCC2)cc1C. The molecule has 19 heavy (non-hydrogen) atoms. The monoisotopic (exact) mass is 302 g/mol. The van der Waals surface area contributed by atoms with E-state index in [0.717, 1.165) is 36.1 Å². The number of hydrogen-bond donors (Lipinski definition) is 2. The van der Waals surface area contributed by atoms with E-state index < -0.39 is 10.0 Å². The molecular formula is C13H22N2O2S2. The molecule has 0 radical (unpaired) electrons. The van der Waals surface area contributed by atoms with Crippen molar-refractivity contribution in [1.29, 1.82) is 0 Å². The van der Waals surface area contributed by atoms with Crippen molar-refractivity contribution in [2.45, 2.75) is 55.8 Å². The van der Waals surface area contributed by atoms with Gasteiger partial charge in [-0.15, -0.1) is 11.3 Å². The van der Waals surface area contributed by atoms with Crippen molar-refractivity contribution in [2.75, 3.05) is 7.05 Å². The lowest BCUT2D eigenvalue weighted by Crippen LogP contribution is -2.43. The second-order valence-corrected chi connectivity index (χ2v) is 8.62. The van der Waals surface area contributed by atoms with Gasteiger partial charge in [0.25, 0.3) is 10.0 Å². The fourth-order valence-corrected chi connectivity index (χ4v) is 5.66. The number of nitrogens with one attached hydrogen (secondary N) is 2. The van der Waals surface area contributed by atoms with Gasteiger partial charge in [0.15, 0.2) is 0 Å². The van der Waals surface area contributed by atoms with Crippen LogP contribution in [0.4, 0.5) is 0 Å². The number of sulfonamides is 1. The molecule has 2 rings (SSSR count). The first kappa shape index (κ1) is 15.0. The first-order valence-electron chi connectivity index (χ1n) is 6.64. The zero-order valence-corrected chi connectivity index (χ0v) is 13.4. The molecule has 1 fully saturated rings. The summed E-state index contributed by atoms with van der Waals surface area (Å²) in [5.41, 5.74) is 0.774. The molecule has 1 saturated carbocycles. The first-order chi connectivity index (χ1) is 8.86. The van der Waals surface area contributed by atoms with Crippen LogP contribution in [0.15, 0.2) is 10.3 Å². The summed E-state index contributed by atoms with van der Waals surface area (Å²) in [5, 5.41) is 3.07. The van der Waals surface area contributed by atoms with Crippen molar-refractivity contribution < 1.29 is 8.42 Å². The van der Waals surface area contributed by atoms with Crippen LogP contribution in [0.2, 0.25) is 0 Å². The fourth-order valence-electron chi connectivity index (χ4n) is 2.59. The Hall–Kier alpha value is -0.430. The van der Waals surface area contributed by atoms with Gasteiger partial charge in [0.2, 0.25) is 0 Å². The highest BCUT2D eigenvalue weighted by Crippen LogP contribution is 2.32. The lowest BCUT2D eigenvalue weighted by molar-refractivity contribution is 0.428. The van der Waals surface area contributed by atoms with E-state index in [4.69, 9.17) is 0 Å². The predicted octanol–water partition coefficient (Wildman–Crippen LogP) is 2.39. The molecule has 0 saturated heterocycles. The van der Waals surface area contributed by atoms with Gasteiger partial charge >= 0.3 is 0 Å². The lowest BCUT2D eigenvalue weighted by Gasteiger charge is -2.24. The van der Waals surface area contributed by atoms with Crippen molar-refractivity contribution in [3.05, 3.63) is 16.5 Å². The highest BCUT2D eigenvalue weighted by Gasteiger charge is 2.34. The van der Waals surface area contributed by atoms with Crippen molar-refractivity contribution >= 4 is 21.4 Å². The Morgan fingerprint density at radius 2 is 2.00 bits per heavy atom. The third-order valence-corrected chi connectivity index (χ3v) is 7.04. The predicted molar refractivity (Wildman–Crippen MR) is 79.0 cm³/mol. The summed E-state index contributed by atoms with van der Waals surface area (Å²) >= 11 is 1.36. The van der Waals surface area contributed by atoms with Gasteiger partial charge in [0, 0.05) is 17.0 Å². The summed E-state index contributed by atoms with van der Waals surface area (Å²) in [6.07, 6.45) is 4.07. The average molecular weight is 302 g/mol. The van der Waals surface area contributed by atoms with E-state index in [1.807, 2.05) is 20.9 Å². The Labute approximate surface area is 119 Å². The molecule has 2 N–H and O–H groups in total. The van der Waals surface area contributed by atoms with E-state index in [1.54, 1.807) is 6.07 Å².